The molecule has 1 atom stereocenters. The van der Waals surface area contributed by atoms with E-state index in [4.69, 9.17) is 5.26 Å². The first-order chi connectivity index (χ1) is 3.93. The van der Waals surface area contributed by atoms with Gasteiger partial charge in [-0.15, -0.1) is 0 Å². The van der Waals surface area contributed by atoms with E-state index < -0.39 is 0 Å². The molecule has 1 heteroatoms. The number of hydrogen-bond acceptors (Lipinski definition) is 1. The van der Waals surface area contributed by atoms with Crippen LogP contribution in [0.15, 0.2) is 0 Å². The first-order valence-electron chi connectivity index (χ1n) is 3.15. The van der Waals surface area contributed by atoms with E-state index in [2.05, 4.69) is 12.5 Å². The summed E-state index contributed by atoms with van der Waals surface area (Å²) in [5, 5.41) is 8.42. The third-order valence-corrected chi connectivity index (χ3v) is 1.59. The summed E-state index contributed by atoms with van der Waals surface area (Å²) >= 11 is 0. The Morgan fingerprint density at radius 3 is 2.88 bits per heavy atom. The number of rotatable bonds is 0. The zero-order chi connectivity index (χ0) is 5.82. The average Bonchev–Trinajstić information content (AvgIpc) is 1.90. The van der Waals surface area contributed by atoms with Gasteiger partial charge in [-0.3, -0.25) is 0 Å². The van der Waals surface area contributed by atoms with Crippen molar-refractivity contribution in [2.75, 3.05) is 0 Å². The molecule has 1 aliphatic carbocycles. The van der Waals surface area contributed by atoms with Crippen LogP contribution in [-0.4, -0.2) is 0 Å². The quantitative estimate of drug-likeness (QED) is 0.465. The summed E-state index contributed by atoms with van der Waals surface area (Å²) in [7, 11) is 0. The summed E-state index contributed by atoms with van der Waals surface area (Å²) in [6.07, 6.45) is 6.80. The molecule has 1 rings (SSSR count). The predicted molar refractivity (Wildman–Crippen MR) is 31.9 cm³/mol. The first kappa shape index (κ1) is 5.62. The van der Waals surface area contributed by atoms with Crippen molar-refractivity contribution in [3.8, 4) is 6.07 Å². The lowest BCUT2D eigenvalue weighted by Crippen LogP contribution is -2.02. The van der Waals surface area contributed by atoms with Crippen LogP contribution in [0.25, 0.3) is 0 Å². The Morgan fingerprint density at radius 1 is 1.62 bits per heavy atom. The highest BCUT2D eigenvalue weighted by Crippen LogP contribution is 2.21. The zero-order valence-electron chi connectivity index (χ0n) is 4.93. The van der Waals surface area contributed by atoms with Gasteiger partial charge >= 0.3 is 0 Å². The van der Waals surface area contributed by atoms with Crippen LogP contribution in [0.3, 0.4) is 0 Å². The van der Waals surface area contributed by atoms with Gasteiger partial charge in [-0.25, -0.2) is 0 Å². The SMILES string of the molecule is N#C[C@@H]1C[CH]CCC1. The van der Waals surface area contributed by atoms with Crippen LogP contribution in [0.5, 0.6) is 0 Å². The van der Waals surface area contributed by atoms with Crippen LogP contribution in [-0.2, 0) is 0 Å². The molecule has 1 aliphatic rings. The van der Waals surface area contributed by atoms with E-state index in [0.29, 0.717) is 5.92 Å². The van der Waals surface area contributed by atoms with E-state index in [9.17, 15) is 0 Å². The lowest BCUT2D eigenvalue weighted by atomic mass is 9.91. The summed E-state index contributed by atoms with van der Waals surface area (Å²) < 4.78 is 0. The summed E-state index contributed by atoms with van der Waals surface area (Å²) in [5.41, 5.74) is 0. The summed E-state index contributed by atoms with van der Waals surface area (Å²) in [6, 6.07) is 2.27. The van der Waals surface area contributed by atoms with Gasteiger partial charge in [0.2, 0.25) is 0 Å². The lowest BCUT2D eigenvalue weighted by molar-refractivity contribution is 0.499. The van der Waals surface area contributed by atoms with E-state index in [-0.39, 0.29) is 0 Å². The topological polar surface area (TPSA) is 23.8 Å². The average molecular weight is 108 g/mol. The smallest absolute Gasteiger partial charge is 0.0655 e. The molecule has 0 aliphatic heterocycles. The van der Waals surface area contributed by atoms with E-state index >= 15 is 0 Å². The van der Waals surface area contributed by atoms with Crippen LogP contribution in [0.1, 0.15) is 25.7 Å². The number of nitrogens with zero attached hydrogens (tertiary/aromatic N) is 1. The van der Waals surface area contributed by atoms with Gasteiger partial charge in [0, 0.05) is 5.92 Å². The van der Waals surface area contributed by atoms with Crippen molar-refractivity contribution in [1.82, 2.24) is 0 Å². The van der Waals surface area contributed by atoms with E-state index in [0.717, 1.165) is 12.8 Å². The zero-order valence-corrected chi connectivity index (χ0v) is 4.93. The first-order valence-corrected chi connectivity index (χ1v) is 3.15. The van der Waals surface area contributed by atoms with Gasteiger partial charge in [0.15, 0.2) is 0 Å². The Morgan fingerprint density at radius 2 is 2.50 bits per heavy atom. The molecule has 0 aromatic carbocycles. The Balaban J connectivity index is 2.25. The molecule has 0 aromatic rings. The molecule has 1 radical (unpaired) electrons. The van der Waals surface area contributed by atoms with E-state index in [1.165, 1.54) is 12.8 Å². The largest absolute Gasteiger partial charge is 0.198 e. The minimum atomic E-state index is 0.337. The van der Waals surface area contributed by atoms with Crippen molar-refractivity contribution in [3.63, 3.8) is 0 Å². The summed E-state index contributed by atoms with van der Waals surface area (Å²) in [4.78, 5) is 0. The van der Waals surface area contributed by atoms with E-state index in [1.54, 1.807) is 0 Å². The van der Waals surface area contributed by atoms with Crippen molar-refractivity contribution in [1.29, 1.82) is 5.26 Å². The molecule has 1 fully saturated rings. The number of nitriles is 1. The maximum Gasteiger partial charge on any atom is 0.0655 e. The molecular weight excluding hydrogens is 98.1 g/mol. The molecule has 0 aromatic heterocycles. The van der Waals surface area contributed by atoms with Crippen molar-refractivity contribution in [3.05, 3.63) is 6.42 Å². The maximum absolute atomic E-state index is 8.42. The third kappa shape index (κ3) is 1.23. The van der Waals surface area contributed by atoms with E-state index in [1.807, 2.05) is 0 Å². The van der Waals surface area contributed by atoms with Gasteiger partial charge in [0.05, 0.1) is 6.07 Å². The van der Waals surface area contributed by atoms with Crippen molar-refractivity contribution < 1.29 is 0 Å². The molecule has 0 heterocycles. The van der Waals surface area contributed by atoms with Crippen LogP contribution in [0, 0.1) is 23.7 Å². The standard InChI is InChI=1S/C7H10N/c8-6-7-4-2-1-3-5-7/h2,7H,1,3-5H2/t7-/m1/s1. The van der Waals surface area contributed by atoms with Gasteiger partial charge in [0.1, 0.15) is 0 Å². The molecule has 0 saturated heterocycles. The lowest BCUT2D eigenvalue weighted by Gasteiger charge is -2.12. The molecule has 1 nitrogen and oxygen atoms in total. The molecule has 0 spiro atoms. The Labute approximate surface area is 50.3 Å². The van der Waals surface area contributed by atoms with Crippen molar-refractivity contribution in [2.45, 2.75) is 25.7 Å². The van der Waals surface area contributed by atoms with Crippen molar-refractivity contribution >= 4 is 0 Å². The fraction of sp³-hybridized carbons (Fsp3) is 0.714. The minimum Gasteiger partial charge on any atom is -0.198 e. The molecule has 43 valence electrons. The normalized spacial score (nSPS) is 22.4. The van der Waals surface area contributed by atoms with Crippen LogP contribution in [0.2, 0.25) is 0 Å². The second-order valence-electron chi connectivity index (χ2n) is 2.28. The van der Waals surface area contributed by atoms with Crippen molar-refractivity contribution in [2.24, 2.45) is 5.92 Å². The Kier molecular flexibility index (Phi) is 1.91. The molecular formula is C7H10N. The van der Waals surface area contributed by atoms with Crippen LogP contribution >= 0.6 is 0 Å². The maximum atomic E-state index is 8.42. The van der Waals surface area contributed by atoms with Gasteiger partial charge in [0.25, 0.3) is 0 Å². The highest BCUT2D eigenvalue weighted by Gasteiger charge is 2.10. The monoisotopic (exact) mass is 108 g/mol. The third-order valence-electron chi connectivity index (χ3n) is 1.59. The molecule has 0 unspecified atom stereocenters. The molecule has 0 amide bonds. The molecule has 0 N–H and O–H groups in total. The van der Waals surface area contributed by atoms with Gasteiger partial charge in [-0.2, -0.15) is 5.26 Å². The highest BCUT2D eigenvalue weighted by molar-refractivity contribution is 4.90. The Hall–Kier alpha value is -0.510. The molecule has 0 bridgehead atoms. The fourth-order valence-electron chi connectivity index (χ4n) is 1.06. The summed E-state index contributed by atoms with van der Waals surface area (Å²) in [6.45, 7) is 0. The van der Waals surface area contributed by atoms with Crippen LogP contribution in [0.4, 0.5) is 0 Å². The van der Waals surface area contributed by atoms with Gasteiger partial charge in [-0.1, -0.05) is 12.8 Å². The second-order valence-corrected chi connectivity index (χ2v) is 2.28. The fourth-order valence-corrected chi connectivity index (χ4v) is 1.06. The predicted octanol–water partition coefficient (Wildman–Crippen LogP) is 1.90. The molecule has 8 heavy (non-hydrogen) atoms. The Bertz CT molecular complexity index is 95.4. The second kappa shape index (κ2) is 2.71. The number of hydrogen-bond donors (Lipinski definition) is 0. The van der Waals surface area contributed by atoms with Gasteiger partial charge in [-0.05, 0) is 19.3 Å². The summed E-state index contributed by atoms with van der Waals surface area (Å²) in [5.74, 6) is 0.337. The minimum absolute atomic E-state index is 0.337. The van der Waals surface area contributed by atoms with Crippen LogP contribution < -0.4 is 0 Å². The van der Waals surface area contributed by atoms with Gasteiger partial charge < -0.3 is 0 Å². The highest BCUT2D eigenvalue weighted by atomic mass is 14.3. The molecule has 1 saturated carbocycles.